The fourth-order valence-corrected chi connectivity index (χ4v) is 4.85. The first-order valence-corrected chi connectivity index (χ1v) is 12.1. The zero-order chi connectivity index (χ0) is 22.5. The number of thiazole rings is 1. The molecule has 3 aromatic rings. The van der Waals surface area contributed by atoms with E-state index in [1.807, 2.05) is 42.5 Å². The van der Waals surface area contributed by atoms with Crippen molar-refractivity contribution in [2.45, 2.75) is 19.8 Å². The molecule has 0 aliphatic carbocycles. The van der Waals surface area contributed by atoms with Crippen molar-refractivity contribution in [1.82, 2.24) is 9.88 Å². The fourth-order valence-electron chi connectivity index (χ4n) is 3.57. The van der Waals surface area contributed by atoms with E-state index in [0.717, 1.165) is 43.1 Å². The first-order valence-electron chi connectivity index (χ1n) is 10.9. The van der Waals surface area contributed by atoms with Crippen molar-refractivity contribution < 1.29 is 14.3 Å². The number of halogens is 1. The molecule has 2 aromatic carbocycles. The zero-order valence-electron chi connectivity index (χ0n) is 18.4. The average molecular weight is 474 g/mol. The summed E-state index contributed by atoms with van der Waals surface area (Å²) in [7, 11) is 0. The summed E-state index contributed by atoms with van der Waals surface area (Å²) < 4.78 is 12.2. The predicted octanol–water partition coefficient (Wildman–Crippen LogP) is 4.82. The number of hydrogen-bond acceptors (Lipinski definition) is 6. The number of ether oxygens (including phenoxy) is 2. The van der Waals surface area contributed by atoms with Crippen molar-refractivity contribution in [2.24, 2.45) is 0 Å². The number of morpholine rings is 1. The van der Waals surface area contributed by atoms with Crippen LogP contribution in [0.2, 0.25) is 5.02 Å². The minimum absolute atomic E-state index is 0.0409. The number of carbonyl (C=O) groups excluding carboxylic acids is 1. The fraction of sp³-hybridized carbons (Fsp3) is 0.417. The van der Waals surface area contributed by atoms with Crippen LogP contribution in [0.4, 0.5) is 5.13 Å². The van der Waals surface area contributed by atoms with E-state index in [9.17, 15) is 4.79 Å². The number of aromatic nitrogens is 1. The quantitative estimate of drug-likeness (QED) is 0.469. The van der Waals surface area contributed by atoms with Crippen LogP contribution in [0.5, 0.6) is 5.75 Å². The zero-order valence-corrected chi connectivity index (χ0v) is 20.0. The van der Waals surface area contributed by atoms with Gasteiger partial charge in [0.15, 0.2) is 11.7 Å². The molecular weight excluding hydrogens is 446 g/mol. The summed E-state index contributed by atoms with van der Waals surface area (Å²) in [5, 5.41) is 1.33. The van der Waals surface area contributed by atoms with Gasteiger partial charge in [-0.2, -0.15) is 0 Å². The number of amides is 1. The monoisotopic (exact) mass is 473 g/mol. The van der Waals surface area contributed by atoms with Crippen LogP contribution >= 0.6 is 22.9 Å². The lowest BCUT2D eigenvalue weighted by atomic mass is 10.0. The number of anilines is 1. The minimum Gasteiger partial charge on any atom is -0.484 e. The number of fused-ring (bicyclic) bond motifs is 1. The van der Waals surface area contributed by atoms with Gasteiger partial charge in [0.05, 0.1) is 23.4 Å². The van der Waals surface area contributed by atoms with Gasteiger partial charge in [0.2, 0.25) is 0 Å². The molecule has 0 radical (unpaired) electrons. The third kappa shape index (κ3) is 5.78. The standard InChI is InChI=1S/C24H28ClN3O3S/c1-17(2)18-3-6-20(7-4-18)31-16-23(29)28(10-9-27-11-13-30-14-12-27)24-26-21-8-5-19(25)15-22(21)32-24/h3-8,15,17H,9-14,16H2,1-2H3. The maximum atomic E-state index is 13.2. The molecule has 0 saturated carbocycles. The molecule has 1 aliphatic heterocycles. The van der Waals surface area contributed by atoms with Gasteiger partial charge in [0, 0.05) is 31.2 Å². The molecule has 0 bridgehead atoms. The van der Waals surface area contributed by atoms with Crippen LogP contribution in [0.3, 0.4) is 0 Å². The van der Waals surface area contributed by atoms with E-state index in [0.29, 0.717) is 28.4 Å². The van der Waals surface area contributed by atoms with Gasteiger partial charge < -0.3 is 9.47 Å². The molecule has 1 aliphatic rings. The van der Waals surface area contributed by atoms with E-state index >= 15 is 0 Å². The highest BCUT2D eigenvalue weighted by Gasteiger charge is 2.22. The van der Waals surface area contributed by atoms with E-state index in [-0.39, 0.29) is 12.5 Å². The Morgan fingerprint density at radius 2 is 1.97 bits per heavy atom. The molecular formula is C24H28ClN3O3S. The topological polar surface area (TPSA) is 54.9 Å². The van der Waals surface area contributed by atoms with Crippen molar-refractivity contribution in [2.75, 3.05) is 50.9 Å². The van der Waals surface area contributed by atoms with Crippen molar-refractivity contribution in [1.29, 1.82) is 0 Å². The third-order valence-corrected chi connectivity index (χ3v) is 6.80. The van der Waals surface area contributed by atoms with Crippen LogP contribution in [0, 0.1) is 0 Å². The summed E-state index contributed by atoms with van der Waals surface area (Å²) in [6.45, 7) is 8.75. The molecule has 0 spiro atoms. The van der Waals surface area contributed by atoms with Crippen molar-refractivity contribution >= 4 is 44.2 Å². The summed E-state index contributed by atoms with van der Waals surface area (Å²) >= 11 is 7.61. The van der Waals surface area contributed by atoms with Crippen LogP contribution in [-0.4, -0.2) is 61.8 Å². The van der Waals surface area contributed by atoms with Gasteiger partial charge >= 0.3 is 0 Å². The number of carbonyl (C=O) groups is 1. The van der Waals surface area contributed by atoms with E-state index in [2.05, 4.69) is 18.7 Å². The second kappa shape index (κ2) is 10.6. The van der Waals surface area contributed by atoms with Gasteiger partial charge in [0.1, 0.15) is 5.75 Å². The second-order valence-electron chi connectivity index (χ2n) is 8.12. The van der Waals surface area contributed by atoms with Crippen LogP contribution in [0.25, 0.3) is 10.2 Å². The van der Waals surface area contributed by atoms with Crippen LogP contribution in [-0.2, 0) is 9.53 Å². The maximum Gasteiger partial charge on any atom is 0.266 e. The summed E-state index contributed by atoms with van der Waals surface area (Å²) in [6.07, 6.45) is 0. The Hall–Kier alpha value is -2.19. The molecule has 1 fully saturated rings. The Balaban J connectivity index is 1.48. The lowest BCUT2D eigenvalue weighted by Crippen LogP contribution is -2.44. The molecule has 2 heterocycles. The van der Waals surface area contributed by atoms with Crippen molar-refractivity contribution in [3.05, 3.63) is 53.1 Å². The number of benzene rings is 2. The van der Waals surface area contributed by atoms with Crippen LogP contribution in [0.15, 0.2) is 42.5 Å². The molecule has 1 amide bonds. The van der Waals surface area contributed by atoms with Gasteiger partial charge in [0.25, 0.3) is 5.91 Å². The smallest absolute Gasteiger partial charge is 0.266 e. The molecule has 1 aromatic heterocycles. The normalized spacial score (nSPS) is 14.8. The van der Waals surface area contributed by atoms with Gasteiger partial charge in [-0.1, -0.05) is 48.9 Å². The Labute approximate surface area is 197 Å². The molecule has 0 unspecified atom stereocenters. The van der Waals surface area contributed by atoms with Gasteiger partial charge in [-0.05, 0) is 41.8 Å². The Bertz CT molecular complexity index is 1050. The molecule has 0 N–H and O–H groups in total. The molecule has 32 heavy (non-hydrogen) atoms. The molecule has 0 atom stereocenters. The molecule has 1 saturated heterocycles. The third-order valence-electron chi connectivity index (χ3n) is 5.52. The number of nitrogens with zero attached hydrogens (tertiary/aromatic N) is 3. The largest absolute Gasteiger partial charge is 0.484 e. The van der Waals surface area contributed by atoms with Gasteiger partial charge in [-0.25, -0.2) is 4.98 Å². The minimum atomic E-state index is -0.114. The van der Waals surface area contributed by atoms with Crippen molar-refractivity contribution in [3.63, 3.8) is 0 Å². The Morgan fingerprint density at radius 1 is 1.22 bits per heavy atom. The van der Waals surface area contributed by atoms with Crippen LogP contribution < -0.4 is 9.64 Å². The Morgan fingerprint density at radius 3 is 2.69 bits per heavy atom. The highest BCUT2D eigenvalue weighted by molar-refractivity contribution is 7.22. The van der Waals surface area contributed by atoms with E-state index in [1.54, 1.807) is 4.90 Å². The Kier molecular flexibility index (Phi) is 7.63. The molecule has 170 valence electrons. The summed E-state index contributed by atoms with van der Waals surface area (Å²) in [5.74, 6) is 1.03. The van der Waals surface area contributed by atoms with Gasteiger partial charge in [-0.3, -0.25) is 14.6 Å². The highest BCUT2D eigenvalue weighted by atomic mass is 35.5. The lowest BCUT2D eigenvalue weighted by molar-refractivity contribution is -0.120. The number of rotatable bonds is 8. The molecule has 8 heteroatoms. The van der Waals surface area contributed by atoms with E-state index < -0.39 is 0 Å². The predicted molar refractivity (Wildman–Crippen MR) is 130 cm³/mol. The maximum absolute atomic E-state index is 13.2. The van der Waals surface area contributed by atoms with Crippen molar-refractivity contribution in [3.8, 4) is 5.75 Å². The summed E-state index contributed by atoms with van der Waals surface area (Å²) in [6, 6.07) is 13.5. The van der Waals surface area contributed by atoms with E-state index in [1.165, 1.54) is 16.9 Å². The molecule has 4 rings (SSSR count). The van der Waals surface area contributed by atoms with E-state index in [4.69, 9.17) is 26.1 Å². The van der Waals surface area contributed by atoms with Crippen LogP contribution in [0.1, 0.15) is 25.3 Å². The van der Waals surface area contributed by atoms with Gasteiger partial charge in [-0.15, -0.1) is 0 Å². The summed E-state index contributed by atoms with van der Waals surface area (Å²) in [4.78, 5) is 21.9. The second-order valence-corrected chi connectivity index (χ2v) is 9.57. The highest BCUT2D eigenvalue weighted by Crippen LogP contribution is 2.31. The SMILES string of the molecule is CC(C)c1ccc(OCC(=O)N(CCN2CCOCC2)c2nc3ccc(Cl)cc3s2)cc1. The lowest BCUT2D eigenvalue weighted by Gasteiger charge is -2.29. The average Bonchev–Trinajstić information content (AvgIpc) is 3.21. The first kappa shape index (κ1) is 23.0. The molecule has 6 nitrogen and oxygen atoms in total. The summed E-state index contributed by atoms with van der Waals surface area (Å²) in [5.41, 5.74) is 2.08. The first-order chi connectivity index (χ1) is 15.5. The number of hydrogen-bond donors (Lipinski definition) is 0.